The van der Waals surface area contributed by atoms with Crippen LogP contribution in [0, 0.1) is 0 Å². The molecule has 0 unspecified atom stereocenters. The Labute approximate surface area is 128 Å². The number of hydrogen-bond acceptors (Lipinski definition) is 2. The molecule has 0 saturated carbocycles. The number of fused-ring (bicyclic) bond motifs is 1. The highest BCUT2D eigenvalue weighted by atomic mass is 79.9. The van der Waals surface area contributed by atoms with Crippen molar-refractivity contribution in [1.82, 2.24) is 4.90 Å². The summed E-state index contributed by atoms with van der Waals surface area (Å²) in [5.41, 5.74) is 2.96. The number of benzene rings is 2. The van der Waals surface area contributed by atoms with Gasteiger partial charge < -0.3 is 4.74 Å². The number of rotatable bonds is 4. The van der Waals surface area contributed by atoms with E-state index < -0.39 is 0 Å². The SMILES string of the molecule is Brc1ccc(OCCN2CCc3ccccc3C2)cc1. The molecular formula is C17H18BrNO. The van der Waals surface area contributed by atoms with Crippen molar-refractivity contribution < 1.29 is 4.74 Å². The van der Waals surface area contributed by atoms with E-state index in [1.165, 1.54) is 11.1 Å². The van der Waals surface area contributed by atoms with E-state index in [0.29, 0.717) is 0 Å². The maximum atomic E-state index is 5.79. The Hall–Kier alpha value is -1.32. The van der Waals surface area contributed by atoms with Crippen molar-refractivity contribution in [2.45, 2.75) is 13.0 Å². The van der Waals surface area contributed by atoms with Crippen LogP contribution in [0.2, 0.25) is 0 Å². The van der Waals surface area contributed by atoms with E-state index in [9.17, 15) is 0 Å². The first-order valence-electron chi connectivity index (χ1n) is 6.99. The normalized spacial score (nSPS) is 14.8. The van der Waals surface area contributed by atoms with Crippen LogP contribution in [0.3, 0.4) is 0 Å². The van der Waals surface area contributed by atoms with Crippen molar-refractivity contribution in [3.05, 3.63) is 64.1 Å². The maximum absolute atomic E-state index is 5.79. The molecule has 0 fully saturated rings. The smallest absolute Gasteiger partial charge is 0.119 e. The number of ether oxygens (including phenoxy) is 1. The van der Waals surface area contributed by atoms with E-state index in [4.69, 9.17) is 4.74 Å². The van der Waals surface area contributed by atoms with E-state index in [-0.39, 0.29) is 0 Å². The summed E-state index contributed by atoms with van der Waals surface area (Å²) < 4.78 is 6.87. The molecule has 1 aliphatic rings. The monoisotopic (exact) mass is 331 g/mol. The third kappa shape index (κ3) is 3.41. The summed E-state index contributed by atoms with van der Waals surface area (Å²) in [6.45, 7) is 3.88. The van der Waals surface area contributed by atoms with E-state index in [1.807, 2.05) is 24.3 Å². The van der Waals surface area contributed by atoms with Crippen molar-refractivity contribution in [3.63, 3.8) is 0 Å². The zero-order valence-corrected chi connectivity index (χ0v) is 13.0. The third-order valence-electron chi connectivity index (χ3n) is 3.70. The molecule has 0 N–H and O–H groups in total. The van der Waals surface area contributed by atoms with Gasteiger partial charge in [0.2, 0.25) is 0 Å². The minimum atomic E-state index is 0.740. The average Bonchev–Trinajstić information content (AvgIpc) is 2.49. The first-order valence-corrected chi connectivity index (χ1v) is 7.78. The molecular weight excluding hydrogens is 314 g/mol. The summed E-state index contributed by atoms with van der Waals surface area (Å²) >= 11 is 3.43. The van der Waals surface area contributed by atoms with Crippen molar-refractivity contribution >= 4 is 15.9 Å². The maximum Gasteiger partial charge on any atom is 0.119 e. The van der Waals surface area contributed by atoms with E-state index >= 15 is 0 Å². The Kier molecular flexibility index (Phi) is 4.38. The van der Waals surface area contributed by atoms with Gasteiger partial charge in [-0.05, 0) is 41.8 Å². The molecule has 1 heterocycles. The Bertz CT molecular complexity index is 567. The van der Waals surface area contributed by atoms with Crippen molar-refractivity contribution in [3.8, 4) is 5.75 Å². The van der Waals surface area contributed by atoms with Gasteiger partial charge in [0, 0.05) is 24.1 Å². The predicted molar refractivity (Wildman–Crippen MR) is 85.1 cm³/mol. The van der Waals surface area contributed by atoms with Crippen molar-refractivity contribution in [1.29, 1.82) is 0 Å². The van der Waals surface area contributed by atoms with E-state index in [2.05, 4.69) is 45.1 Å². The van der Waals surface area contributed by atoms with Crippen LogP contribution in [0.4, 0.5) is 0 Å². The molecule has 2 nitrogen and oxygen atoms in total. The molecule has 3 rings (SSSR count). The summed E-state index contributed by atoms with van der Waals surface area (Å²) in [6.07, 6.45) is 1.15. The van der Waals surface area contributed by atoms with Crippen LogP contribution in [-0.4, -0.2) is 24.6 Å². The van der Waals surface area contributed by atoms with Gasteiger partial charge in [-0.15, -0.1) is 0 Å². The summed E-state index contributed by atoms with van der Waals surface area (Å²) in [4.78, 5) is 2.46. The Morgan fingerprint density at radius 1 is 1.00 bits per heavy atom. The second-order valence-electron chi connectivity index (χ2n) is 5.10. The summed E-state index contributed by atoms with van der Waals surface area (Å²) in [5.74, 6) is 0.936. The second-order valence-corrected chi connectivity index (χ2v) is 6.01. The fourth-order valence-corrected chi connectivity index (χ4v) is 2.83. The minimum absolute atomic E-state index is 0.740. The van der Waals surface area contributed by atoms with Crippen LogP contribution in [-0.2, 0) is 13.0 Å². The average molecular weight is 332 g/mol. The zero-order chi connectivity index (χ0) is 13.8. The molecule has 20 heavy (non-hydrogen) atoms. The Morgan fingerprint density at radius 3 is 2.55 bits per heavy atom. The van der Waals surface area contributed by atoms with Gasteiger partial charge in [0.1, 0.15) is 12.4 Å². The summed E-state index contributed by atoms with van der Waals surface area (Å²) in [7, 11) is 0. The van der Waals surface area contributed by atoms with E-state index in [1.54, 1.807) is 0 Å². The predicted octanol–water partition coefficient (Wildman–Crippen LogP) is 3.89. The second kappa shape index (κ2) is 6.42. The Morgan fingerprint density at radius 2 is 1.75 bits per heavy atom. The quantitative estimate of drug-likeness (QED) is 0.842. The van der Waals surface area contributed by atoms with Crippen LogP contribution >= 0.6 is 15.9 Å². The van der Waals surface area contributed by atoms with Gasteiger partial charge in [0.25, 0.3) is 0 Å². The van der Waals surface area contributed by atoms with Gasteiger partial charge in [-0.3, -0.25) is 4.90 Å². The van der Waals surface area contributed by atoms with E-state index in [0.717, 1.165) is 42.9 Å². The summed E-state index contributed by atoms with van der Waals surface area (Å²) in [5, 5.41) is 0. The van der Waals surface area contributed by atoms with Gasteiger partial charge in [-0.2, -0.15) is 0 Å². The molecule has 1 aliphatic heterocycles. The highest BCUT2D eigenvalue weighted by Gasteiger charge is 2.15. The molecule has 0 saturated heterocycles. The lowest BCUT2D eigenvalue weighted by Crippen LogP contribution is -2.33. The zero-order valence-electron chi connectivity index (χ0n) is 11.4. The van der Waals surface area contributed by atoms with Gasteiger partial charge in [0.05, 0.1) is 0 Å². The molecule has 0 spiro atoms. The molecule has 0 bridgehead atoms. The molecule has 0 atom stereocenters. The van der Waals surface area contributed by atoms with Gasteiger partial charge in [-0.1, -0.05) is 40.2 Å². The van der Waals surface area contributed by atoms with Crippen LogP contribution in [0.25, 0.3) is 0 Å². The van der Waals surface area contributed by atoms with Crippen LogP contribution < -0.4 is 4.74 Å². The lowest BCUT2D eigenvalue weighted by Gasteiger charge is -2.28. The standard InChI is InChI=1S/C17H18BrNO/c18-16-5-7-17(8-6-16)20-12-11-19-10-9-14-3-1-2-4-15(14)13-19/h1-8H,9-13H2. The van der Waals surface area contributed by atoms with Crippen molar-refractivity contribution in [2.24, 2.45) is 0 Å². The lowest BCUT2D eigenvalue weighted by atomic mass is 10.0. The highest BCUT2D eigenvalue weighted by molar-refractivity contribution is 9.10. The first kappa shape index (κ1) is 13.7. The molecule has 0 radical (unpaired) electrons. The number of hydrogen-bond donors (Lipinski definition) is 0. The molecule has 104 valence electrons. The molecule has 2 aromatic carbocycles. The molecule has 0 amide bonds. The fourth-order valence-electron chi connectivity index (χ4n) is 2.57. The van der Waals surface area contributed by atoms with Gasteiger partial charge >= 0.3 is 0 Å². The highest BCUT2D eigenvalue weighted by Crippen LogP contribution is 2.19. The van der Waals surface area contributed by atoms with Gasteiger partial charge in [-0.25, -0.2) is 0 Å². The molecule has 3 heteroatoms. The number of nitrogens with zero attached hydrogens (tertiary/aromatic N) is 1. The largest absolute Gasteiger partial charge is 0.492 e. The minimum Gasteiger partial charge on any atom is -0.492 e. The Balaban J connectivity index is 1.49. The van der Waals surface area contributed by atoms with Crippen LogP contribution in [0.15, 0.2) is 53.0 Å². The molecule has 0 aromatic heterocycles. The first-order chi connectivity index (χ1) is 9.81. The van der Waals surface area contributed by atoms with Crippen LogP contribution in [0.1, 0.15) is 11.1 Å². The third-order valence-corrected chi connectivity index (χ3v) is 4.23. The summed E-state index contributed by atoms with van der Waals surface area (Å²) in [6, 6.07) is 16.7. The van der Waals surface area contributed by atoms with Crippen LogP contribution in [0.5, 0.6) is 5.75 Å². The molecule has 2 aromatic rings. The molecule has 0 aliphatic carbocycles. The topological polar surface area (TPSA) is 12.5 Å². The number of halogens is 1. The van der Waals surface area contributed by atoms with Gasteiger partial charge in [0.15, 0.2) is 0 Å². The van der Waals surface area contributed by atoms with Crippen molar-refractivity contribution in [2.75, 3.05) is 19.7 Å². The fraction of sp³-hybridized carbons (Fsp3) is 0.294. The lowest BCUT2D eigenvalue weighted by molar-refractivity contribution is 0.196.